The van der Waals surface area contributed by atoms with Crippen molar-refractivity contribution in [3.63, 3.8) is 0 Å². The second-order valence-corrected chi connectivity index (χ2v) is 6.72. The maximum absolute atomic E-state index is 12.9. The van der Waals surface area contributed by atoms with E-state index in [2.05, 4.69) is 10.3 Å². The summed E-state index contributed by atoms with van der Waals surface area (Å²) in [5, 5.41) is 3.10. The molecule has 134 valence electrons. The Morgan fingerprint density at radius 3 is 2.62 bits per heavy atom. The Balaban J connectivity index is 1.99. The van der Waals surface area contributed by atoms with Crippen LogP contribution in [0, 0.1) is 6.92 Å². The lowest BCUT2D eigenvalue weighted by Gasteiger charge is -2.14. The van der Waals surface area contributed by atoms with Gasteiger partial charge in [0.25, 0.3) is 5.56 Å². The summed E-state index contributed by atoms with van der Waals surface area (Å²) in [4.78, 5) is 42.2. The van der Waals surface area contributed by atoms with Gasteiger partial charge in [0.15, 0.2) is 0 Å². The van der Waals surface area contributed by atoms with E-state index < -0.39 is 12.0 Å². The molecule has 3 rings (SSSR count). The number of hydrogen-bond acceptors (Lipinski definition) is 6. The smallest absolute Gasteiger partial charge is 0.348 e. The molecule has 1 atom stereocenters. The van der Waals surface area contributed by atoms with Gasteiger partial charge >= 0.3 is 5.97 Å². The van der Waals surface area contributed by atoms with Gasteiger partial charge in [0, 0.05) is 5.69 Å². The highest BCUT2D eigenvalue weighted by molar-refractivity contribution is 7.20. The van der Waals surface area contributed by atoms with Crippen LogP contribution in [0.1, 0.15) is 28.2 Å². The first kappa shape index (κ1) is 17.8. The average Bonchev–Trinajstić information content (AvgIpc) is 2.99. The maximum Gasteiger partial charge on any atom is 0.348 e. The molecule has 1 N–H and O–H groups in total. The Kier molecular flexibility index (Phi) is 4.85. The van der Waals surface area contributed by atoms with Gasteiger partial charge in [-0.2, -0.15) is 0 Å². The Labute approximate surface area is 153 Å². The summed E-state index contributed by atoms with van der Waals surface area (Å²) < 4.78 is 6.00. The van der Waals surface area contributed by atoms with E-state index in [4.69, 9.17) is 4.74 Å². The summed E-state index contributed by atoms with van der Waals surface area (Å²) in [7, 11) is 1.29. The van der Waals surface area contributed by atoms with Crippen LogP contribution in [-0.2, 0) is 9.53 Å². The van der Waals surface area contributed by atoms with Crippen LogP contribution >= 0.6 is 11.3 Å². The molecule has 0 fully saturated rings. The third kappa shape index (κ3) is 3.11. The van der Waals surface area contributed by atoms with Crippen molar-refractivity contribution < 1.29 is 14.3 Å². The number of esters is 1. The summed E-state index contributed by atoms with van der Waals surface area (Å²) in [6.45, 7) is 3.29. The van der Waals surface area contributed by atoms with Crippen LogP contribution in [0.4, 0.5) is 5.69 Å². The number of hydrogen-bond donors (Lipinski definition) is 1. The number of methoxy groups -OCH3 is 1. The second-order valence-electron chi connectivity index (χ2n) is 5.72. The van der Waals surface area contributed by atoms with Crippen molar-refractivity contribution >= 4 is 39.1 Å². The zero-order valence-corrected chi connectivity index (χ0v) is 15.3. The fraction of sp³-hybridized carbons (Fsp3) is 0.222. The number of ether oxygens (including phenoxy) is 1. The number of para-hydroxylation sites is 1. The number of thiophene rings is 1. The van der Waals surface area contributed by atoms with Crippen molar-refractivity contribution in [2.24, 2.45) is 0 Å². The predicted molar refractivity (Wildman–Crippen MR) is 99.7 cm³/mol. The van der Waals surface area contributed by atoms with Crippen LogP contribution in [0.15, 0.2) is 41.5 Å². The maximum atomic E-state index is 12.9. The van der Waals surface area contributed by atoms with Crippen LogP contribution in [0.25, 0.3) is 10.2 Å². The number of nitrogens with one attached hydrogen (secondary N) is 1. The van der Waals surface area contributed by atoms with E-state index in [-0.39, 0.29) is 11.5 Å². The molecule has 1 unspecified atom stereocenters. The third-order valence-electron chi connectivity index (χ3n) is 4.08. The Bertz CT molecular complexity index is 1040. The molecule has 0 saturated carbocycles. The van der Waals surface area contributed by atoms with Gasteiger partial charge in [0.1, 0.15) is 15.7 Å². The molecule has 0 bridgehead atoms. The highest BCUT2D eigenvalue weighted by Crippen LogP contribution is 2.27. The zero-order valence-electron chi connectivity index (χ0n) is 14.5. The third-order valence-corrected chi connectivity index (χ3v) is 5.26. The van der Waals surface area contributed by atoms with Crippen molar-refractivity contribution in [1.29, 1.82) is 0 Å². The summed E-state index contributed by atoms with van der Waals surface area (Å²) in [5.74, 6) is -0.841. The van der Waals surface area contributed by atoms with Gasteiger partial charge in [-0.05, 0) is 31.5 Å². The molecule has 8 heteroatoms. The first-order valence-corrected chi connectivity index (χ1v) is 8.70. The fourth-order valence-electron chi connectivity index (χ4n) is 2.59. The monoisotopic (exact) mass is 371 g/mol. The highest BCUT2D eigenvalue weighted by Gasteiger charge is 2.23. The quantitative estimate of drug-likeness (QED) is 0.712. The van der Waals surface area contributed by atoms with Gasteiger partial charge < -0.3 is 10.1 Å². The van der Waals surface area contributed by atoms with Gasteiger partial charge in [-0.25, -0.2) is 9.78 Å². The topological polar surface area (TPSA) is 90.3 Å². The lowest BCUT2D eigenvalue weighted by atomic mass is 10.2. The van der Waals surface area contributed by atoms with Gasteiger partial charge in [0.05, 0.1) is 18.8 Å². The average molecular weight is 371 g/mol. The Morgan fingerprint density at radius 2 is 1.96 bits per heavy atom. The van der Waals surface area contributed by atoms with Crippen LogP contribution < -0.4 is 10.9 Å². The number of nitrogens with zero attached hydrogens (tertiary/aromatic N) is 2. The van der Waals surface area contributed by atoms with Crippen LogP contribution in [0.3, 0.4) is 0 Å². The SMILES string of the molecule is COC(=O)c1sc2ncn(C(C)C(=O)Nc3ccccc3)c(=O)c2c1C. The number of benzene rings is 1. The van der Waals surface area contributed by atoms with Crippen LogP contribution in [0.5, 0.6) is 0 Å². The first-order valence-electron chi connectivity index (χ1n) is 7.88. The van der Waals surface area contributed by atoms with Gasteiger partial charge in [0.2, 0.25) is 5.91 Å². The summed E-state index contributed by atoms with van der Waals surface area (Å²) in [6, 6.07) is 8.23. The van der Waals surface area contributed by atoms with Crippen LogP contribution in [0.2, 0.25) is 0 Å². The minimum atomic E-state index is -0.763. The lowest BCUT2D eigenvalue weighted by Crippen LogP contribution is -2.31. The predicted octanol–water partition coefficient (Wildman–Crippen LogP) is 2.75. The molecule has 0 saturated heterocycles. The van der Waals surface area contributed by atoms with E-state index in [1.54, 1.807) is 26.0 Å². The molecule has 2 aromatic heterocycles. The summed E-state index contributed by atoms with van der Waals surface area (Å²) >= 11 is 1.10. The molecular formula is C18H17N3O4S. The summed E-state index contributed by atoms with van der Waals surface area (Å²) in [5.41, 5.74) is 0.792. The number of carbonyl (C=O) groups excluding carboxylic acids is 2. The lowest BCUT2D eigenvalue weighted by molar-refractivity contribution is -0.118. The first-order chi connectivity index (χ1) is 12.4. The molecule has 0 aliphatic rings. The molecule has 1 amide bonds. The number of rotatable bonds is 4. The molecule has 0 aliphatic heterocycles. The van der Waals surface area contributed by atoms with Gasteiger partial charge in [-0.15, -0.1) is 11.3 Å². The number of amides is 1. The fourth-order valence-corrected chi connectivity index (χ4v) is 3.65. The number of aryl methyl sites for hydroxylation is 1. The highest BCUT2D eigenvalue weighted by atomic mass is 32.1. The zero-order chi connectivity index (χ0) is 18.8. The van der Waals surface area contributed by atoms with Gasteiger partial charge in [-0.3, -0.25) is 14.2 Å². The number of fused-ring (bicyclic) bond motifs is 1. The number of carbonyl (C=O) groups is 2. The van der Waals surface area contributed by atoms with E-state index in [0.717, 1.165) is 11.3 Å². The molecule has 0 radical (unpaired) electrons. The Morgan fingerprint density at radius 1 is 1.27 bits per heavy atom. The van der Waals surface area contributed by atoms with E-state index in [1.807, 2.05) is 18.2 Å². The second kappa shape index (κ2) is 7.09. The molecule has 2 heterocycles. The van der Waals surface area contributed by atoms with E-state index in [1.165, 1.54) is 18.0 Å². The van der Waals surface area contributed by atoms with Crippen molar-refractivity contribution in [3.8, 4) is 0 Å². The van der Waals surface area contributed by atoms with Gasteiger partial charge in [-0.1, -0.05) is 18.2 Å². The number of anilines is 1. The molecule has 0 aliphatic carbocycles. The Hall–Kier alpha value is -3.00. The van der Waals surface area contributed by atoms with Crippen molar-refractivity contribution in [3.05, 3.63) is 57.5 Å². The van der Waals surface area contributed by atoms with E-state index in [9.17, 15) is 14.4 Å². The summed E-state index contributed by atoms with van der Waals surface area (Å²) in [6.07, 6.45) is 1.33. The van der Waals surface area contributed by atoms with Crippen molar-refractivity contribution in [2.75, 3.05) is 12.4 Å². The normalized spacial score (nSPS) is 12.0. The largest absolute Gasteiger partial charge is 0.465 e. The molecular weight excluding hydrogens is 354 g/mol. The van der Waals surface area contributed by atoms with E-state index in [0.29, 0.717) is 26.3 Å². The molecule has 0 spiro atoms. The standard InChI is InChI=1S/C18H17N3O4S/c1-10-13-16(26-14(10)18(24)25-3)19-9-21(17(13)23)11(2)15(22)20-12-7-5-4-6-8-12/h4-9,11H,1-3H3,(H,20,22). The molecule has 7 nitrogen and oxygen atoms in total. The van der Waals surface area contributed by atoms with E-state index >= 15 is 0 Å². The minimum absolute atomic E-state index is 0.331. The molecule has 26 heavy (non-hydrogen) atoms. The van der Waals surface area contributed by atoms with Crippen molar-refractivity contribution in [1.82, 2.24) is 9.55 Å². The molecule has 1 aromatic carbocycles. The minimum Gasteiger partial charge on any atom is -0.465 e. The van der Waals surface area contributed by atoms with Crippen LogP contribution in [-0.4, -0.2) is 28.5 Å². The molecule has 3 aromatic rings. The number of aromatic nitrogens is 2. The van der Waals surface area contributed by atoms with Crippen molar-refractivity contribution in [2.45, 2.75) is 19.9 Å².